The molecule has 0 bridgehead atoms. The van der Waals surface area contributed by atoms with Gasteiger partial charge in [-0.2, -0.15) is 5.26 Å². The summed E-state index contributed by atoms with van der Waals surface area (Å²) in [5.74, 6) is 0.0867. The first-order valence-electron chi connectivity index (χ1n) is 4.95. The third-order valence-electron chi connectivity index (χ3n) is 2.21. The predicted octanol–water partition coefficient (Wildman–Crippen LogP) is 2.08. The third kappa shape index (κ3) is 4.25. The van der Waals surface area contributed by atoms with Gasteiger partial charge in [0.05, 0.1) is 12.7 Å². The average Bonchev–Trinajstić information content (AvgIpc) is 2.19. The predicted molar refractivity (Wildman–Crippen MR) is 48.9 cm³/mol. The quantitative estimate of drug-likeness (QED) is 0.670. The normalized spacial score (nSPS) is 25.1. The van der Waals surface area contributed by atoms with Gasteiger partial charge in [-0.1, -0.05) is 0 Å². The van der Waals surface area contributed by atoms with Crippen molar-refractivity contribution in [2.24, 2.45) is 5.92 Å². The molecule has 1 saturated heterocycles. The van der Waals surface area contributed by atoms with Crippen LogP contribution in [0, 0.1) is 17.2 Å². The van der Waals surface area contributed by atoms with Crippen LogP contribution in [0.15, 0.2) is 0 Å². The topological polar surface area (TPSA) is 42.2 Å². The van der Waals surface area contributed by atoms with E-state index in [-0.39, 0.29) is 12.2 Å². The standard InChI is InChI=1S/C10H17NO2/c1-9(8-11)5-7-13-10-4-2-3-6-12-10/h9-10H,2-7H2,1H3. The second-order valence-corrected chi connectivity index (χ2v) is 3.49. The van der Waals surface area contributed by atoms with E-state index in [9.17, 15) is 0 Å². The van der Waals surface area contributed by atoms with Gasteiger partial charge < -0.3 is 9.47 Å². The van der Waals surface area contributed by atoms with Crippen molar-refractivity contribution in [2.75, 3.05) is 13.2 Å². The van der Waals surface area contributed by atoms with Gasteiger partial charge >= 0.3 is 0 Å². The van der Waals surface area contributed by atoms with E-state index in [1.165, 1.54) is 6.42 Å². The minimum atomic E-state index is -0.0142. The molecule has 0 aliphatic carbocycles. The molecule has 0 aromatic heterocycles. The van der Waals surface area contributed by atoms with Gasteiger partial charge in [-0.15, -0.1) is 0 Å². The molecule has 74 valence electrons. The molecule has 0 amide bonds. The van der Waals surface area contributed by atoms with E-state index in [2.05, 4.69) is 6.07 Å². The fraction of sp³-hybridized carbons (Fsp3) is 0.900. The third-order valence-corrected chi connectivity index (χ3v) is 2.21. The van der Waals surface area contributed by atoms with Gasteiger partial charge in [0.2, 0.25) is 0 Å². The first-order chi connectivity index (χ1) is 6.33. The summed E-state index contributed by atoms with van der Waals surface area (Å²) in [7, 11) is 0. The number of ether oxygens (including phenoxy) is 2. The van der Waals surface area contributed by atoms with E-state index in [0.717, 1.165) is 25.9 Å². The highest BCUT2D eigenvalue weighted by Gasteiger charge is 2.13. The molecule has 0 radical (unpaired) electrons. The molecule has 1 rings (SSSR count). The molecule has 0 spiro atoms. The molecule has 1 fully saturated rings. The van der Waals surface area contributed by atoms with Gasteiger partial charge in [-0.3, -0.25) is 0 Å². The lowest BCUT2D eigenvalue weighted by atomic mass is 10.1. The average molecular weight is 183 g/mol. The van der Waals surface area contributed by atoms with Crippen molar-refractivity contribution < 1.29 is 9.47 Å². The number of rotatable bonds is 4. The van der Waals surface area contributed by atoms with E-state index < -0.39 is 0 Å². The Bertz CT molecular complexity index is 170. The summed E-state index contributed by atoms with van der Waals surface area (Å²) in [6, 6.07) is 2.18. The van der Waals surface area contributed by atoms with Crippen LogP contribution in [0.1, 0.15) is 32.6 Å². The smallest absolute Gasteiger partial charge is 0.157 e. The summed E-state index contributed by atoms with van der Waals surface area (Å²) in [6.07, 6.45) is 4.13. The first kappa shape index (κ1) is 10.5. The summed E-state index contributed by atoms with van der Waals surface area (Å²) in [5, 5.41) is 8.53. The molecule has 13 heavy (non-hydrogen) atoms. The highest BCUT2D eigenvalue weighted by atomic mass is 16.7. The maximum absolute atomic E-state index is 8.53. The Morgan fingerprint density at radius 2 is 2.46 bits per heavy atom. The number of hydrogen-bond donors (Lipinski definition) is 0. The van der Waals surface area contributed by atoms with Crippen molar-refractivity contribution in [1.29, 1.82) is 5.26 Å². The van der Waals surface area contributed by atoms with Gasteiger partial charge in [0.15, 0.2) is 6.29 Å². The van der Waals surface area contributed by atoms with Gasteiger partial charge in [0.1, 0.15) is 0 Å². The lowest BCUT2D eigenvalue weighted by Crippen LogP contribution is -2.23. The molecule has 1 aliphatic heterocycles. The zero-order valence-corrected chi connectivity index (χ0v) is 8.16. The number of nitrogens with zero attached hydrogens (tertiary/aromatic N) is 1. The minimum Gasteiger partial charge on any atom is -0.353 e. The molecule has 0 aromatic rings. The van der Waals surface area contributed by atoms with Crippen LogP contribution in [-0.4, -0.2) is 19.5 Å². The van der Waals surface area contributed by atoms with Crippen molar-refractivity contribution >= 4 is 0 Å². The maximum atomic E-state index is 8.53. The van der Waals surface area contributed by atoms with Gasteiger partial charge in [0, 0.05) is 12.5 Å². The number of hydrogen-bond acceptors (Lipinski definition) is 3. The van der Waals surface area contributed by atoms with Crippen LogP contribution in [0.3, 0.4) is 0 Å². The summed E-state index contributed by atoms with van der Waals surface area (Å²) in [6.45, 7) is 3.36. The minimum absolute atomic E-state index is 0.0142. The molecule has 3 heteroatoms. The molecular weight excluding hydrogens is 166 g/mol. The van der Waals surface area contributed by atoms with Crippen LogP contribution < -0.4 is 0 Å². The van der Waals surface area contributed by atoms with Crippen LogP contribution in [0.2, 0.25) is 0 Å². The first-order valence-corrected chi connectivity index (χ1v) is 4.95. The van der Waals surface area contributed by atoms with Crippen LogP contribution in [-0.2, 0) is 9.47 Å². The van der Waals surface area contributed by atoms with Crippen molar-refractivity contribution in [1.82, 2.24) is 0 Å². The summed E-state index contributed by atoms with van der Waals surface area (Å²) in [4.78, 5) is 0. The van der Waals surface area contributed by atoms with E-state index in [4.69, 9.17) is 14.7 Å². The fourth-order valence-electron chi connectivity index (χ4n) is 1.28. The summed E-state index contributed by atoms with van der Waals surface area (Å²) < 4.78 is 10.9. The molecule has 0 saturated carbocycles. The van der Waals surface area contributed by atoms with Crippen molar-refractivity contribution in [3.05, 3.63) is 0 Å². The molecule has 2 atom stereocenters. The summed E-state index contributed by atoms with van der Waals surface area (Å²) >= 11 is 0. The van der Waals surface area contributed by atoms with E-state index in [1.807, 2.05) is 6.92 Å². The lowest BCUT2D eigenvalue weighted by Gasteiger charge is -2.22. The van der Waals surface area contributed by atoms with Crippen LogP contribution in [0.25, 0.3) is 0 Å². The molecule has 0 aromatic carbocycles. The Morgan fingerprint density at radius 1 is 1.62 bits per heavy atom. The Labute approximate surface area is 79.6 Å². The molecule has 3 nitrogen and oxygen atoms in total. The Kier molecular flexibility index (Phi) is 4.81. The van der Waals surface area contributed by atoms with Crippen LogP contribution in [0.4, 0.5) is 0 Å². The number of nitriles is 1. The monoisotopic (exact) mass is 183 g/mol. The highest BCUT2D eigenvalue weighted by molar-refractivity contribution is 4.77. The molecular formula is C10H17NO2. The van der Waals surface area contributed by atoms with E-state index in [0.29, 0.717) is 6.61 Å². The Balaban J connectivity index is 2.02. The largest absolute Gasteiger partial charge is 0.353 e. The SMILES string of the molecule is CC(C#N)CCOC1CCCCO1. The Hall–Kier alpha value is -0.590. The highest BCUT2D eigenvalue weighted by Crippen LogP contribution is 2.14. The van der Waals surface area contributed by atoms with E-state index in [1.54, 1.807) is 0 Å². The Morgan fingerprint density at radius 3 is 3.08 bits per heavy atom. The van der Waals surface area contributed by atoms with Gasteiger partial charge in [-0.05, 0) is 32.6 Å². The van der Waals surface area contributed by atoms with Crippen LogP contribution >= 0.6 is 0 Å². The molecule has 2 unspecified atom stereocenters. The van der Waals surface area contributed by atoms with Crippen molar-refractivity contribution in [3.8, 4) is 6.07 Å². The summed E-state index contributed by atoms with van der Waals surface area (Å²) in [5.41, 5.74) is 0. The van der Waals surface area contributed by atoms with Crippen molar-refractivity contribution in [3.63, 3.8) is 0 Å². The zero-order valence-electron chi connectivity index (χ0n) is 8.16. The van der Waals surface area contributed by atoms with Crippen LogP contribution in [0.5, 0.6) is 0 Å². The lowest BCUT2D eigenvalue weighted by molar-refractivity contribution is -0.163. The molecule has 1 aliphatic rings. The fourth-order valence-corrected chi connectivity index (χ4v) is 1.28. The van der Waals surface area contributed by atoms with Gasteiger partial charge in [-0.25, -0.2) is 0 Å². The van der Waals surface area contributed by atoms with E-state index >= 15 is 0 Å². The maximum Gasteiger partial charge on any atom is 0.157 e. The molecule has 0 N–H and O–H groups in total. The van der Waals surface area contributed by atoms with Crippen molar-refractivity contribution in [2.45, 2.75) is 38.9 Å². The van der Waals surface area contributed by atoms with Gasteiger partial charge in [0.25, 0.3) is 0 Å². The molecule has 1 heterocycles. The second kappa shape index (κ2) is 5.95. The second-order valence-electron chi connectivity index (χ2n) is 3.49. The zero-order chi connectivity index (χ0) is 9.52.